The van der Waals surface area contributed by atoms with E-state index in [1.807, 2.05) is 24.3 Å². The standard InChI is InChI=1S/C16H16N4S/c1-11-10-21-16-19-12(2)15(20(11)16)9-18-8-14-5-3-13(7-17)4-6-14/h3-6,10,18H,8-9H2,1-2H3. The van der Waals surface area contributed by atoms with Gasteiger partial charge in [-0.05, 0) is 31.5 Å². The van der Waals surface area contributed by atoms with Gasteiger partial charge in [0.15, 0.2) is 4.96 Å². The maximum atomic E-state index is 8.79. The van der Waals surface area contributed by atoms with Crippen LogP contribution in [0.3, 0.4) is 0 Å². The zero-order chi connectivity index (χ0) is 14.8. The number of aromatic nitrogens is 2. The number of fused-ring (bicyclic) bond motifs is 1. The Morgan fingerprint density at radius 2 is 2.00 bits per heavy atom. The molecule has 0 aliphatic heterocycles. The van der Waals surface area contributed by atoms with Gasteiger partial charge in [0.1, 0.15) is 0 Å². The fourth-order valence-electron chi connectivity index (χ4n) is 2.40. The molecule has 0 spiro atoms. The Balaban J connectivity index is 1.70. The third-order valence-electron chi connectivity index (χ3n) is 3.53. The maximum absolute atomic E-state index is 8.79. The lowest BCUT2D eigenvalue weighted by molar-refractivity contribution is 0.671. The number of benzene rings is 1. The third-order valence-corrected chi connectivity index (χ3v) is 4.48. The molecule has 3 aromatic rings. The molecule has 0 unspecified atom stereocenters. The quantitative estimate of drug-likeness (QED) is 0.804. The Hall–Kier alpha value is -2.16. The second-order valence-corrected chi connectivity index (χ2v) is 5.89. The van der Waals surface area contributed by atoms with Crippen LogP contribution in [0.15, 0.2) is 29.6 Å². The van der Waals surface area contributed by atoms with Gasteiger partial charge in [-0.3, -0.25) is 4.40 Å². The molecule has 21 heavy (non-hydrogen) atoms. The van der Waals surface area contributed by atoms with E-state index in [2.05, 4.69) is 40.0 Å². The minimum Gasteiger partial charge on any atom is -0.307 e. The normalized spacial score (nSPS) is 10.9. The molecule has 106 valence electrons. The summed E-state index contributed by atoms with van der Waals surface area (Å²) in [7, 11) is 0. The zero-order valence-electron chi connectivity index (χ0n) is 12.1. The fourth-order valence-corrected chi connectivity index (χ4v) is 3.33. The van der Waals surface area contributed by atoms with E-state index in [-0.39, 0.29) is 0 Å². The number of hydrogen-bond acceptors (Lipinski definition) is 4. The van der Waals surface area contributed by atoms with E-state index in [1.54, 1.807) is 11.3 Å². The van der Waals surface area contributed by atoms with Gasteiger partial charge in [-0.1, -0.05) is 12.1 Å². The predicted octanol–water partition coefficient (Wildman–Crippen LogP) is 3.17. The highest BCUT2D eigenvalue weighted by Gasteiger charge is 2.11. The van der Waals surface area contributed by atoms with Crippen LogP contribution in [-0.4, -0.2) is 9.38 Å². The lowest BCUT2D eigenvalue weighted by Crippen LogP contribution is -2.15. The van der Waals surface area contributed by atoms with Gasteiger partial charge in [0, 0.05) is 24.2 Å². The van der Waals surface area contributed by atoms with Gasteiger partial charge < -0.3 is 5.32 Å². The smallest absolute Gasteiger partial charge is 0.194 e. The van der Waals surface area contributed by atoms with Crippen molar-refractivity contribution in [3.8, 4) is 6.07 Å². The monoisotopic (exact) mass is 296 g/mol. The zero-order valence-corrected chi connectivity index (χ0v) is 12.9. The molecule has 0 radical (unpaired) electrons. The van der Waals surface area contributed by atoms with E-state index >= 15 is 0 Å². The molecule has 0 fully saturated rings. The summed E-state index contributed by atoms with van der Waals surface area (Å²) in [6.07, 6.45) is 0. The molecule has 0 amide bonds. The molecule has 0 bridgehead atoms. The molecule has 4 nitrogen and oxygen atoms in total. The number of aryl methyl sites for hydroxylation is 2. The van der Waals surface area contributed by atoms with E-state index in [4.69, 9.17) is 5.26 Å². The van der Waals surface area contributed by atoms with Crippen LogP contribution in [0, 0.1) is 25.2 Å². The predicted molar refractivity (Wildman–Crippen MR) is 84.2 cm³/mol. The summed E-state index contributed by atoms with van der Waals surface area (Å²) in [6.45, 7) is 5.72. The molecule has 0 atom stereocenters. The summed E-state index contributed by atoms with van der Waals surface area (Å²) in [5.74, 6) is 0. The summed E-state index contributed by atoms with van der Waals surface area (Å²) in [4.78, 5) is 5.64. The number of thiazole rings is 1. The van der Waals surface area contributed by atoms with Crippen molar-refractivity contribution in [3.63, 3.8) is 0 Å². The Morgan fingerprint density at radius 3 is 2.71 bits per heavy atom. The first-order chi connectivity index (χ1) is 10.2. The van der Waals surface area contributed by atoms with Crippen molar-refractivity contribution in [1.82, 2.24) is 14.7 Å². The van der Waals surface area contributed by atoms with Crippen LogP contribution < -0.4 is 5.32 Å². The van der Waals surface area contributed by atoms with Gasteiger partial charge >= 0.3 is 0 Å². The first kappa shape index (κ1) is 13.8. The van der Waals surface area contributed by atoms with Crippen LogP contribution in [0.1, 0.15) is 28.2 Å². The average molecular weight is 296 g/mol. The molecule has 0 saturated heterocycles. The number of imidazole rings is 1. The van der Waals surface area contributed by atoms with E-state index < -0.39 is 0 Å². The average Bonchev–Trinajstić information content (AvgIpc) is 3.00. The van der Waals surface area contributed by atoms with Crippen molar-refractivity contribution in [2.75, 3.05) is 0 Å². The molecular weight excluding hydrogens is 280 g/mol. The minimum atomic E-state index is 0.695. The summed E-state index contributed by atoms with van der Waals surface area (Å²) < 4.78 is 2.21. The molecule has 0 aliphatic carbocycles. The highest BCUT2D eigenvalue weighted by Crippen LogP contribution is 2.20. The van der Waals surface area contributed by atoms with Crippen LogP contribution in [-0.2, 0) is 13.1 Å². The Kier molecular flexibility index (Phi) is 3.74. The molecule has 0 saturated carbocycles. The lowest BCUT2D eigenvalue weighted by Gasteiger charge is -2.06. The lowest BCUT2D eigenvalue weighted by atomic mass is 10.1. The van der Waals surface area contributed by atoms with Crippen LogP contribution in [0.25, 0.3) is 4.96 Å². The van der Waals surface area contributed by atoms with Crippen LogP contribution >= 0.6 is 11.3 Å². The van der Waals surface area contributed by atoms with Crippen molar-refractivity contribution >= 4 is 16.3 Å². The maximum Gasteiger partial charge on any atom is 0.194 e. The SMILES string of the molecule is Cc1nc2scc(C)n2c1CNCc1ccc(C#N)cc1. The van der Waals surface area contributed by atoms with Gasteiger partial charge in [-0.25, -0.2) is 4.98 Å². The molecule has 1 aromatic carbocycles. The second kappa shape index (κ2) is 5.68. The van der Waals surface area contributed by atoms with Gasteiger partial charge in [0.25, 0.3) is 0 Å². The van der Waals surface area contributed by atoms with Crippen molar-refractivity contribution < 1.29 is 0 Å². The highest BCUT2D eigenvalue weighted by molar-refractivity contribution is 7.15. The molecule has 3 rings (SSSR count). The Labute approximate surface area is 127 Å². The second-order valence-electron chi connectivity index (χ2n) is 5.05. The van der Waals surface area contributed by atoms with E-state index in [9.17, 15) is 0 Å². The summed E-state index contributed by atoms with van der Waals surface area (Å²) in [5, 5.41) is 14.4. The summed E-state index contributed by atoms with van der Waals surface area (Å²) >= 11 is 1.68. The summed E-state index contributed by atoms with van der Waals surface area (Å²) in [5.41, 5.74) is 5.40. The number of hydrogen-bond donors (Lipinski definition) is 1. The van der Waals surface area contributed by atoms with Crippen molar-refractivity contribution in [2.45, 2.75) is 26.9 Å². The molecular formula is C16H16N4S. The molecule has 2 heterocycles. The van der Waals surface area contributed by atoms with E-state index in [0.717, 1.165) is 23.7 Å². The number of nitriles is 1. The fraction of sp³-hybridized carbons (Fsp3) is 0.250. The van der Waals surface area contributed by atoms with E-state index in [0.29, 0.717) is 5.56 Å². The first-order valence-corrected chi connectivity index (χ1v) is 7.69. The largest absolute Gasteiger partial charge is 0.307 e. The van der Waals surface area contributed by atoms with Crippen molar-refractivity contribution in [3.05, 3.63) is 57.9 Å². The van der Waals surface area contributed by atoms with Gasteiger partial charge in [-0.15, -0.1) is 11.3 Å². The van der Waals surface area contributed by atoms with Crippen molar-refractivity contribution in [1.29, 1.82) is 5.26 Å². The molecule has 0 aliphatic rings. The molecule has 5 heteroatoms. The topological polar surface area (TPSA) is 53.1 Å². The molecule has 1 N–H and O–H groups in total. The first-order valence-electron chi connectivity index (χ1n) is 6.81. The van der Waals surface area contributed by atoms with E-state index in [1.165, 1.54) is 17.0 Å². The third kappa shape index (κ3) is 2.68. The van der Waals surface area contributed by atoms with Gasteiger partial charge in [0.05, 0.1) is 23.0 Å². The van der Waals surface area contributed by atoms with Crippen molar-refractivity contribution in [2.24, 2.45) is 0 Å². The number of nitrogens with zero attached hydrogens (tertiary/aromatic N) is 3. The number of rotatable bonds is 4. The van der Waals surface area contributed by atoms with Crippen LogP contribution in [0.2, 0.25) is 0 Å². The van der Waals surface area contributed by atoms with Gasteiger partial charge in [-0.2, -0.15) is 5.26 Å². The minimum absolute atomic E-state index is 0.695. The molecule has 2 aromatic heterocycles. The van der Waals surface area contributed by atoms with Crippen LogP contribution in [0.4, 0.5) is 0 Å². The Morgan fingerprint density at radius 1 is 1.24 bits per heavy atom. The van der Waals surface area contributed by atoms with Crippen LogP contribution in [0.5, 0.6) is 0 Å². The summed E-state index contributed by atoms with van der Waals surface area (Å²) in [6, 6.07) is 9.80. The van der Waals surface area contributed by atoms with Gasteiger partial charge in [0.2, 0.25) is 0 Å². The number of nitrogens with one attached hydrogen (secondary N) is 1. The highest BCUT2D eigenvalue weighted by atomic mass is 32.1. The Bertz CT molecular complexity index is 805.